The second-order valence-electron chi connectivity index (χ2n) is 10.1. The number of halogens is 5. The molecule has 0 saturated carbocycles. The van der Waals surface area contributed by atoms with E-state index < -0.39 is 39.9 Å². The Morgan fingerprint density at radius 1 is 0.936 bits per heavy atom. The summed E-state index contributed by atoms with van der Waals surface area (Å²) in [5, 5.41) is 16.1. The number of benzene rings is 4. The highest BCUT2D eigenvalue weighted by Gasteiger charge is 2.43. The summed E-state index contributed by atoms with van der Waals surface area (Å²) in [6, 6.07) is 21.0. The molecule has 248 valence electrons. The average Bonchev–Trinajstić information content (AvgIpc) is 3.42. The molecule has 2 atom stereocenters. The molecule has 1 heterocycles. The lowest BCUT2D eigenvalue weighted by Crippen LogP contribution is -2.37. The number of ether oxygens (including phenoxy) is 1. The summed E-state index contributed by atoms with van der Waals surface area (Å²) in [6.07, 6.45) is -5.91. The van der Waals surface area contributed by atoms with Crippen molar-refractivity contribution in [3.8, 4) is 5.75 Å². The molecule has 0 aliphatic carbocycles. The summed E-state index contributed by atoms with van der Waals surface area (Å²) in [7, 11) is -3.57. The lowest BCUT2D eigenvalue weighted by molar-refractivity contribution is -0.137. The first-order chi connectivity index (χ1) is 22.1. The highest BCUT2D eigenvalue weighted by molar-refractivity contribution is 7.89. The van der Waals surface area contributed by atoms with Crippen LogP contribution in [-0.2, 0) is 22.7 Å². The zero-order chi connectivity index (χ0) is 34.5. The van der Waals surface area contributed by atoms with Gasteiger partial charge in [0.15, 0.2) is 0 Å². The highest BCUT2D eigenvalue weighted by atomic mass is 35.5. The van der Waals surface area contributed by atoms with E-state index >= 15 is 0 Å². The largest absolute Gasteiger partial charge is 0.493 e. The molecule has 0 spiro atoms. The van der Waals surface area contributed by atoms with Crippen LogP contribution in [0.1, 0.15) is 46.8 Å². The fourth-order valence-electron chi connectivity index (χ4n) is 4.83. The van der Waals surface area contributed by atoms with Gasteiger partial charge in [-0.05, 0) is 78.2 Å². The summed E-state index contributed by atoms with van der Waals surface area (Å²) in [4.78, 5) is 18.4. The summed E-state index contributed by atoms with van der Waals surface area (Å²) < 4.78 is 67.1. The van der Waals surface area contributed by atoms with E-state index in [-0.39, 0.29) is 28.7 Å². The summed E-state index contributed by atoms with van der Waals surface area (Å²) >= 11 is 12.1. The van der Waals surface area contributed by atoms with Crippen LogP contribution < -0.4 is 15.6 Å². The SMILES string of the molecule is CCOc1cc(C(F)(F)F)ccc1C1=NC(c2ccc(Cl)cc2)C(c2ccc(Cl)cc2)N1C(=O)O.NCc1ccc(S(N)(=O)=O)cc1. The van der Waals surface area contributed by atoms with Crippen LogP contribution in [0, 0.1) is 0 Å². The number of amidine groups is 1. The zero-order valence-corrected chi connectivity index (χ0v) is 27.0. The van der Waals surface area contributed by atoms with E-state index in [9.17, 15) is 31.5 Å². The third-order valence-electron chi connectivity index (χ3n) is 7.03. The van der Waals surface area contributed by atoms with Gasteiger partial charge in [-0.15, -0.1) is 0 Å². The number of hydrogen-bond donors (Lipinski definition) is 3. The molecule has 1 amide bonds. The van der Waals surface area contributed by atoms with Gasteiger partial charge in [-0.25, -0.2) is 18.4 Å². The second-order valence-corrected chi connectivity index (χ2v) is 12.6. The van der Waals surface area contributed by atoms with E-state index in [4.69, 9.17) is 43.8 Å². The van der Waals surface area contributed by atoms with Crippen molar-refractivity contribution in [3.63, 3.8) is 0 Å². The minimum Gasteiger partial charge on any atom is -0.493 e. The molecule has 0 radical (unpaired) electrons. The van der Waals surface area contributed by atoms with Crippen LogP contribution in [0.2, 0.25) is 10.0 Å². The van der Waals surface area contributed by atoms with Gasteiger partial charge in [-0.2, -0.15) is 13.2 Å². The zero-order valence-electron chi connectivity index (χ0n) is 24.7. The Bertz CT molecular complexity index is 1860. The first-order valence-electron chi connectivity index (χ1n) is 13.9. The first-order valence-corrected chi connectivity index (χ1v) is 16.2. The Hall–Kier alpha value is -4.14. The molecule has 15 heteroatoms. The molecule has 5 rings (SSSR count). The van der Waals surface area contributed by atoms with Crippen LogP contribution in [0.25, 0.3) is 0 Å². The number of hydrogen-bond acceptors (Lipinski definition) is 6. The van der Waals surface area contributed by atoms with Crippen LogP contribution in [-0.4, -0.2) is 37.0 Å². The molecule has 0 fully saturated rings. The number of nitrogens with two attached hydrogens (primary N) is 2. The number of nitrogens with zero attached hydrogens (tertiary/aromatic N) is 2. The number of amides is 1. The number of aliphatic imine (C=N–C) groups is 1. The molecule has 0 aromatic heterocycles. The predicted octanol–water partition coefficient (Wildman–Crippen LogP) is 7.43. The molecular formula is C32H29Cl2F3N4O5S. The standard InChI is InChI=1S/C25H19Cl2F3N2O3.C7H10N2O2S/c1-2-35-20-13-16(25(28,29)30)7-12-19(20)23-31-21(14-3-8-17(26)9-4-14)22(32(23)24(33)34)15-5-10-18(27)11-6-15;8-5-6-1-3-7(4-2-6)12(9,10)11/h3-13,21-22H,2H2,1H3,(H,33,34);1-4H,5,8H2,(H2,9,10,11). The molecule has 0 saturated heterocycles. The van der Waals surface area contributed by atoms with Crippen molar-refractivity contribution in [1.82, 2.24) is 4.90 Å². The van der Waals surface area contributed by atoms with Gasteiger partial charge >= 0.3 is 12.3 Å². The molecule has 0 bridgehead atoms. The minimum atomic E-state index is -4.59. The summed E-state index contributed by atoms with van der Waals surface area (Å²) in [5.41, 5.74) is 6.73. The average molecular weight is 710 g/mol. The normalized spacial score (nSPS) is 16.3. The van der Waals surface area contributed by atoms with E-state index in [0.717, 1.165) is 22.6 Å². The maximum absolute atomic E-state index is 13.3. The maximum atomic E-state index is 13.3. The van der Waals surface area contributed by atoms with Gasteiger partial charge in [0.2, 0.25) is 10.0 Å². The Balaban J connectivity index is 0.000000351. The monoisotopic (exact) mass is 708 g/mol. The molecular weight excluding hydrogens is 680 g/mol. The quantitative estimate of drug-likeness (QED) is 0.182. The van der Waals surface area contributed by atoms with Crippen molar-refractivity contribution in [2.45, 2.75) is 36.6 Å². The van der Waals surface area contributed by atoms with Gasteiger partial charge < -0.3 is 15.6 Å². The van der Waals surface area contributed by atoms with E-state index in [1.807, 2.05) is 0 Å². The Morgan fingerprint density at radius 3 is 1.96 bits per heavy atom. The lowest BCUT2D eigenvalue weighted by Gasteiger charge is -2.27. The second kappa shape index (κ2) is 14.7. The van der Waals surface area contributed by atoms with Crippen molar-refractivity contribution < 1.29 is 36.2 Å². The number of primary sulfonamides is 1. The van der Waals surface area contributed by atoms with Crippen molar-refractivity contribution in [3.05, 3.63) is 129 Å². The molecule has 5 N–H and O–H groups in total. The maximum Gasteiger partial charge on any atom is 0.416 e. The van der Waals surface area contributed by atoms with E-state index in [1.165, 1.54) is 18.2 Å². The molecule has 4 aromatic carbocycles. The number of rotatable bonds is 7. The highest BCUT2D eigenvalue weighted by Crippen LogP contribution is 2.45. The van der Waals surface area contributed by atoms with E-state index in [1.54, 1.807) is 67.6 Å². The van der Waals surface area contributed by atoms with Gasteiger partial charge in [-0.1, -0.05) is 59.6 Å². The Labute approximate surface area is 279 Å². The molecule has 9 nitrogen and oxygen atoms in total. The van der Waals surface area contributed by atoms with E-state index in [0.29, 0.717) is 27.7 Å². The first kappa shape index (κ1) is 35.7. The van der Waals surface area contributed by atoms with Crippen LogP contribution in [0.5, 0.6) is 5.75 Å². The molecule has 1 aliphatic heterocycles. The van der Waals surface area contributed by atoms with Crippen molar-refractivity contribution in [2.75, 3.05) is 6.61 Å². The topological polar surface area (TPSA) is 148 Å². The number of carbonyl (C=O) groups is 1. The van der Waals surface area contributed by atoms with Crippen LogP contribution >= 0.6 is 23.2 Å². The van der Waals surface area contributed by atoms with Crippen LogP contribution in [0.15, 0.2) is 101 Å². The summed E-state index contributed by atoms with van der Waals surface area (Å²) in [5.74, 6) is -0.131. The molecule has 47 heavy (non-hydrogen) atoms. The van der Waals surface area contributed by atoms with Gasteiger partial charge in [0.1, 0.15) is 17.6 Å². The molecule has 1 aliphatic rings. The van der Waals surface area contributed by atoms with Crippen LogP contribution in [0.3, 0.4) is 0 Å². The third kappa shape index (κ3) is 8.62. The van der Waals surface area contributed by atoms with Crippen molar-refractivity contribution >= 4 is 45.2 Å². The predicted molar refractivity (Wildman–Crippen MR) is 173 cm³/mol. The van der Waals surface area contributed by atoms with Gasteiger partial charge in [0, 0.05) is 16.6 Å². The number of carboxylic acid groups (broad SMARTS) is 1. The fraction of sp³-hybridized carbons (Fsp3) is 0.188. The van der Waals surface area contributed by atoms with Gasteiger partial charge in [0.25, 0.3) is 0 Å². The van der Waals surface area contributed by atoms with Crippen molar-refractivity contribution in [1.29, 1.82) is 0 Å². The summed E-state index contributed by atoms with van der Waals surface area (Å²) in [6.45, 7) is 2.10. The number of alkyl halides is 3. The van der Waals surface area contributed by atoms with Crippen molar-refractivity contribution in [2.24, 2.45) is 15.9 Å². The smallest absolute Gasteiger partial charge is 0.416 e. The Morgan fingerprint density at radius 2 is 1.49 bits per heavy atom. The Kier molecular flexibility index (Phi) is 11.2. The fourth-order valence-corrected chi connectivity index (χ4v) is 5.60. The minimum absolute atomic E-state index is 0.0189. The molecule has 2 unspecified atom stereocenters. The molecule has 4 aromatic rings. The van der Waals surface area contributed by atoms with E-state index in [2.05, 4.69) is 0 Å². The van der Waals surface area contributed by atoms with Gasteiger partial charge in [0.05, 0.1) is 28.7 Å². The third-order valence-corrected chi connectivity index (χ3v) is 8.47. The van der Waals surface area contributed by atoms with Gasteiger partial charge in [-0.3, -0.25) is 9.89 Å². The lowest BCUT2D eigenvalue weighted by atomic mass is 9.94. The number of sulfonamides is 1. The van der Waals surface area contributed by atoms with Crippen LogP contribution in [0.4, 0.5) is 18.0 Å².